The average Bonchev–Trinajstić information content (AvgIpc) is 2.99. The fraction of sp³-hybridized carbons (Fsp3) is 0.381. The third kappa shape index (κ3) is 4.17. The molecule has 2 aromatic heterocycles. The number of aromatic nitrogens is 3. The molecule has 1 aliphatic rings. The van der Waals surface area contributed by atoms with Gasteiger partial charge in [0.1, 0.15) is 5.82 Å². The molecule has 3 aromatic rings. The number of nitrogens with zero attached hydrogens (tertiary/aromatic N) is 4. The van der Waals surface area contributed by atoms with Crippen molar-refractivity contribution in [1.29, 1.82) is 0 Å². The molecule has 0 radical (unpaired) electrons. The average molecular weight is 363 g/mol. The van der Waals surface area contributed by atoms with Crippen LogP contribution in [0, 0.1) is 12.8 Å². The Bertz CT molecular complexity index is 913. The highest BCUT2D eigenvalue weighted by atomic mass is 16.2. The molecule has 0 bridgehead atoms. The van der Waals surface area contributed by atoms with E-state index in [1.54, 1.807) is 12.4 Å². The van der Waals surface area contributed by atoms with Gasteiger partial charge in [0.25, 0.3) is 0 Å². The molecule has 1 fully saturated rings. The summed E-state index contributed by atoms with van der Waals surface area (Å²) in [5.41, 5.74) is 3.03. The molecule has 4 rings (SSSR count). The first kappa shape index (κ1) is 17.7. The second kappa shape index (κ2) is 7.88. The molecule has 1 aliphatic heterocycles. The van der Waals surface area contributed by atoms with E-state index >= 15 is 0 Å². The Kier molecular flexibility index (Phi) is 5.16. The minimum absolute atomic E-state index is 0.0258. The zero-order valence-corrected chi connectivity index (χ0v) is 15.6. The first-order valence-electron chi connectivity index (χ1n) is 9.53. The van der Waals surface area contributed by atoms with E-state index in [1.165, 1.54) is 5.52 Å². The van der Waals surface area contributed by atoms with Crippen molar-refractivity contribution in [2.45, 2.75) is 26.3 Å². The van der Waals surface area contributed by atoms with Gasteiger partial charge < -0.3 is 9.88 Å². The summed E-state index contributed by atoms with van der Waals surface area (Å²) in [6.45, 7) is 5.43. The third-order valence-electron chi connectivity index (χ3n) is 5.31. The van der Waals surface area contributed by atoms with E-state index in [9.17, 15) is 4.79 Å². The number of likely N-dealkylation sites (tertiary alicyclic amines) is 1. The van der Waals surface area contributed by atoms with Crippen molar-refractivity contribution < 1.29 is 4.79 Å². The van der Waals surface area contributed by atoms with Crippen LogP contribution >= 0.6 is 0 Å². The molecule has 1 saturated heterocycles. The lowest BCUT2D eigenvalue weighted by Gasteiger charge is -2.31. The molecular formula is C21H25N5O. The minimum atomic E-state index is 0.0258. The minimum Gasteiger partial charge on any atom is -0.328 e. The van der Waals surface area contributed by atoms with Crippen LogP contribution in [0.4, 0.5) is 5.69 Å². The molecule has 3 heterocycles. The molecule has 1 amide bonds. The van der Waals surface area contributed by atoms with Crippen LogP contribution in [0.25, 0.3) is 11.0 Å². The van der Waals surface area contributed by atoms with Crippen molar-refractivity contribution in [1.82, 2.24) is 19.4 Å². The zero-order valence-electron chi connectivity index (χ0n) is 15.6. The number of para-hydroxylation sites is 2. The maximum atomic E-state index is 12.2. The Morgan fingerprint density at radius 3 is 2.78 bits per heavy atom. The number of piperidine rings is 1. The summed E-state index contributed by atoms with van der Waals surface area (Å²) < 4.78 is 2.34. The lowest BCUT2D eigenvalue weighted by atomic mass is 9.96. The normalized spacial score (nSPS) is 15.9. The topological polar surface area (TPSA) is 63.1 Å². The summed E-state index contributed by atoms with van der Waals surface area (Å²) in [5.74, 6) is 1.73. The maximum absolute atomic E-state index is 12.2. The highest BCUT2D eigenvalue weighted by Gasteiger charge is 2.22. The van der Waals surface area contributed by atoms with E-state index in [2.05, 4.69) is 49.9 Å². The van der Waals surface area contributed by atoms with Crippen LogP contribution in [0.15, 0.2) is 48.8 Å². The number of anilines is 1. The summed E-state index contributed by atoms with van der Waals surface area (Å²) >= 11 is 0. The molecule has 6 nitrogen and oxygen atoms in total. The molecule has 0 unspecified atom stereocenters. The Morgan fingerprint density at radius 1 is 1.19 bits per heavy atom. The SMILES string of the molecule is Cc1nc2ccccc2n1CC1CCN(CC(=O)Nc2cccnc2)CC1. The van der Waals surface area contributed by atoms with Crippen LogP contribution in [0.2, 0.25) is 0 Å². The number of hydrogen-bond donors (Lipinski definition) is 1. The number of carbonyl (C=O) groups excluding carboxylic acids is 1. The van der Waals surface area contributed by atoms with Gasteiger partial charge in [-0.2, -0.15) is 0 Å². The van der Waals surface area contributed by atoms with Crippen LogP contribution in [0.3, 0.4) is 0 Å². The quantitative estimate of drug-likeness (QED) is 0.757. The molecule has 0 atom stereocenters. The summed E-state index contributed by atoms with van der Waals surface area (Å²) in [7, 11) is 0. The van der Waals surface area contributed by atoms with Crippen molar-refractivity contribution in [2.75, 3.05) is 25.0 Å². The van der Waals surface area contributed by atoms with E-state index in [0.717, 1.165) is 49.5 Å². The molecule has 0 spiro atoms. The molecule has 27 heavy (non-hydrogen) atoms. The number of hydrogen-bond acceptors (Lipinski definition) is 4. The third-order valence-corrected chi connectivity index (χ3v) is 5.31. The second-order valence-electron chi connectivity index (χ2n) is 7.27. The van der Waals surface area contributed by atoms with Gasteiger partial charge in [-0.05, 0) is 63.0 Å². The number of pyridine rings is 1. The predicted molar refractivity (Wildman–Crippen MR) is 107 cm³/mol. The number of aryl methyl sites for hydroxylation is 1. The predicted octanol–water partition coefficient (Wildman–Crippen LogP) is 3.09. The van der Waals surface area contributed by atoms with E-state index in [4.69, 9.17) is 0 Å². The highest BCUT2D eigenvalue weighted by molar-refractivity contribution is 5.92. The molecular weight excluding hydrogens is 338 g/mol. The molecule has 6 heteroatoms. The second-order valence-corrected chi connectivity index (χ2v) is 7.27. The van der Waals surface area contributed by atoms with Crippen molar-refractivity contribution >= 4 is 22.6 Å². The molecule has 1 N–H and O–H groups in total. The standard InChI is InChI=1S/C21H25N5O/c1-16-23-19-6-2-3-7-20(19)26(16)14-17-8-11-25(12-9-17)15-21(27)24-18-5-4-10-22-13-18/h2-7,10,13,17H,8-9,11-12,14-15H2,1H3,(H,24,27). The Balaban J connectivity index is 1.30. The lowest BCUT2D eigenvalue weighted by molar-refractivity contribution is -0.117. The van der Waals surface area contributed by atoms with Gasteiger partial charge in [0, 0.05) is 12.7 Å². The van der Waals surface area contributed by atoms with Crippen LogP contribution in [0.1, 0.15) is 18.7 Å². The van der Waals surface area contributed by atoms with E-state index in [1.807, 2.05) is 18.2 Å². The number of benzene rings is 1. The van der Waals surface area contributed by atoms with Crippen molar-refractivity contribution in [2.24, 2.45) is 5.92 Å². The number of amides is 1. The summed E-state index contributed by atoms with van der Waals surface area (Å²) in [4.78, 5) is 23.1. The van der Waals surface area contributed by atoms with Gasteiger partial charge in [-0.25, -0.2) is 4.98 Å². The van der Waals surface area contributed by atoms with Crippen LogP contribution in [-0.2, 0) is 11.3 Å². The number of imidazole rings is 1. The van der Waals surface area contributed by atoms with E-state index in [0.29, 0.717) is 12.5 Å². The number of nitrogens with one attached hydrogen (secondary N) is 1. The zero-order chi connectivity index (χ0) is 18.6. The summed E-state index contributed by atoms with van der Waals surface area (Å²) in [6, 6.07) is 12.0. The number of carbonyl (C=O) groups is 1. The molecule has 0 aliphatic carbocycles. The highest BCUT2D eigenvalue weighted by Crippen LogP contribution is 2.23. The van der Waals surface area contributed by atoms with Gasteiger partial charge in [-0.3, -0.25) is 14.7 Å². The van der Waals surface area contributed by atoms with Gasteiger partial charge in [-0.1, -0.05) is 12.1 Å². The molecule has 0 saturated carbocycles. The van der Waals surface area contributed by atoms with Gasteiger partial charge in [0.15, 0.2) is 0 Å². The maximum Gasteiger partial charge on any atom is 0.238 e. The number of fused-ring (bicyclic) bond motifs is 1. The largest absolute Gasteiger partial charge is 0.328 e. The van der Waals surface area contributed by atoms with Crippen molar-refractivity contribution in [3.05, 3.63) is 54.6 Å². The van der Waals surface area contributed by atoms with E-state index in [-0.39, 0.29) is 5.91 Å². The first-order valence-corrected chi connectivity index (χ1v) is 9.53. The number of rotatable bonds is 5. The van der Waals surface area contributed by atoms with Crippen LogP contribution in [0.5, 0.6) is 0 Å². The molecule has 140 valence electrons. The fourth-order valence-electron chi connectivity index (χ4n) is 3.85. The van der Waals surface area contributed by atoms with E-state index < -0.39 is 0 Å². The van der Waals surface area contributed by atoms with Crippen molar-refractivity contribution in [3.63, 3.8) is 0 Å². The summed E-state index contributed by atoms with van der Waals surface area (Å²) in [5, 5.41) is 2.91. The Hall–Kier alpha value is -2.73. The van der Waals surface area contributed by atoms with Crippen LogP contribution < -0.4 is 5.32 Å². The summed E-state index contributed by atoms with van der Waals surface area (Å²) in [6.07, 6.45) is 5.58. The van der Waals surface area contributed by atoms with Crippen LogP contribution in [-0.4, -0.2) is 45.0 Å². The van der Waals surface area contributed by atoms with Gasteiger partial charge >= 0.3 is 0 Å². The fourth-order valence-corrected chi connectivity index (χ4v) is 3.85. The van der Waals surface area contributed by atoms with Gasteiger partial charge in [-0.15, -0.1) is 0 Å². The van der Waals surface area contributed by atoms with Crippen molar-refractivity contribution in [3.8, 4) is 0 Å². The Labute approximate surface area is 159 Å². The van der Waals surface area contributed by atoms with Gasteiger partial charge in [0.05, 0.1) is 29.5 Å². The monoisotopic (exact) mass is 363 g/mol. The first-order chi connectivity index (χ1) is 13.2. The molecule has 1 aromatic carbocycles. The lowest BCUT2D eigenvalue weighted by Crippen LogP contribution is -2.40. The van der Waals surface area contributed by atoms with Gasteiger partial charge in [0.2, 0.25) is 5.91 Å². The smallest absolute Gasteiger partial charge is 0.238 e. The Morgan fingerprint density at radius 2 is 2.00 bits per heavy atom.